The van der Waals surface area contributed by atoms with Crippen LogP contribution in [0.15, 0.2) is 11.6 Å². The summed E-state index contributed by atoms with van der Waals surface area (Å²) < 4.78 is 0. The second-order valence-corrected chi connectivity index (χ2v) is 13.7. The van der Waals surface area contributed by atoms with Gasteiger partial charge in [-0.15, -0.1) is 0 Å². The third-order valence-electron chi connectivity index (χ3n) is 11.4. The van der Waals surface area contributed by atoms with Crippen LogP contribution in [0.3, 0.4) is 0 Å². The highest BCUT2D eigenvalue weighted by atomic mass is 16.4. The summed E-state index contributed by atoms with van der Waals surface area (Å²) in [6.07, 6.45) is 20.3. The summed E-state index contributed by atoms with van der Waals surface area (Å²) in [7, 11) is 0. The first-order valence-corrected chi connectivity index (χ1v) is 14.6. The van der Waals surface area contributed by atoms with Gasteiger partial charge in [0.1, 0.15) is 0 Å². The van der Waals surface area contributed by atoms with E-state index in [1.54, 1.807) is 5.57 Å². The number of allylic oxidation sites excluding steroid dienone is 2. The van der Waals surface area contributed by atoms with Crippen LogP contribution in [0.2, 0.25) is 0 Å². The zero-order chi connectivity index (χ0) is 23.8. The Morgan fingerprint density at radius 2 is 1.82 bits per heavy atom. The first-order chi connectivity index (χ1) is 15.6. The zero-order valence-electron chi connectivity index (χ0n) is 22.4. The van der Waals surface area contributed by atoms with Gasteiger partial charge in [0.25, 0.3) is 0 Å². The second-order valence-electron chi connectivity index (χ2n) is 13.7. The van der Waals surface area contributed by atoms with Gasteiger partial charge < -0.3 is 5.11 Å². The predicted molar refractivity (Wildman–Crippen MR) is 138 cm³/mol. The lowest BCUT2D eigenvalue weighted by Gasteiger charge is -2.58. The maximum absolute atomic E-state index is 10.9. The van der Waals surface area contributed by atoms with E-state index in [2.05, 4.69) is 40.7 Å². The fourth-order valence-corrected chi connectivity index (χ4v) is 9.55. The van der Waals surface area contributed by atoms with Crippen LogP contribution in [0.4, 0.5) is 0 Å². The van der Waals surface area contributed by atoms with E-state index in [0.717, 1.165) is 54.3 Å². The molecule has 0 aromatic rings. The van der Waals surface area contributed by atoms with Crippen molar-refractivity contribution >= 4 is 5.97 Å². The third-order valence-corrected chi connectivity index (χ3v) is 11.4. The quantitative estimate of drug-likeness (QED) is 0.352. The molecule has 0 aromatic heterocycles. The van der Waals surface area contributed by atoms with Gasteiger partial charge in [0.15, 0.2) is 0 Å². The van der Waals surface area contributed by atoms with Crippen molar-refractivity contribution in [3.05, 3.63) is 11.6 Å². The Hall–Kier alpha value is -0.790. The van der Waals surface area contributed by atoms with Gasteiger partial charge >= 0.3 is 5.97 Å². The van der Waals surface area contributed by atoms with E-state index in [0.29, 0.717) is 17.3 Å². The van der Waals surface area contributed by atoms with E-state index in [9.17, 15) is 4.79 Å². The molecule has 2 heteroatoms. The van der Waals surface area contributed by atoms with Crippen LogP contribution >= 0.6 is 0 Å². The summed E-state index contributed by atoms with van der Waals surface area (Å²) in [5, 5.41) is 9.00. The number of carboxylic acid groups (broad SMARTS) is 1. The molecule has 3 fully saturated rings. The van der Waals surface area contributed by atoms with Crippen LogP contribution < -0.4 is 0 Å². The normalized spacial score (nSPS) is 41.2. The zero-order valence-corrected chi connectivity index (χ0v) is 22.4. The number of carbonyl (C=O) groups is 1. The molecular formula is C31H52O2. The largest absolute Gasteiger partial charge is 0.481 e. The predicted octanol–water partition coefficient (Wildman–Crippen LogP) is 8.90. The van der Waals surface area contributed by atoms with E-state index in [4.69, 9.17) is 5.11 Å². The fraction of sp³-hybridized carbons (Fsp3) is 0.903. The number of aliphatic carboxylic acids is 1. The van der Waals surface area contributed by atoms with Crippen molar-refractivity contribution in [2.75, 3.05) is 0 Å². The number of rotatable bonds is 9. The van der Waals surface area contributed by atoms with Crippen molar-refractivity contribution in [1.29, 1.82) is 0 Å². The van der Waals surface area contributed by atoms with Gasteiger partial charge in [-0.05, 0) is 116 Å². The number of carboxylic acids is 1. The van der Waals surface area contributed by atoms with Gasteiger partial charge in [-0.1, -0.05) is 65.5 Å². The Bertz CT molecular complexity index is 722. The Morgan fingerprint density at radius 3 is 2.55 bits per heavy atom. The lowest BCUT2D eigenvalue weighted by atomic mass is 9.46. The highest BCUT2D eigenvalue weighted by Gasteiger charge is 2.59. The number of hydrogen-bond acceptors (Lipinski definition) is 1. The van der Waals surface area contributed by atoms with Gasteiger partial charge in [-0.2, -0.15) is 0 Å². The summed E-state index contributed by atoms with van der Waals surface area (Å²) in [5.74, 6) is 5.51. The van der Waals surface area contributed by atoms with E-state index in [-0.39, 0.29) is 0 Å². The Balaban J connectivity index is 1.41. The molecule has 0 aliphatic heterocycles. The average molecular weight is 457 g/mol. The molecule has 0 radical (unpaired) electrons. The molecule has 3 saturated carbocycles. The number of fused-ring (bicyclic) bond motifs is 5. The molecule has 0 heterocycles. The molecule has 0 spiro atoms. The fourth-order valence-electron chi connectivity index (χ4n) is 9.55. The van der Waals surface area contributed by atoms with Gasteiger partial charge in [0.05, 0.1) is 0 Å². The molecule has 33 heavy (non-hydrogen) atoms. The molecule has 0 aromatic carbocycles. The molecule has 0 amide bonds. The summed E-state index contributed by atoms with van der Waals surface area (Å²) in [6, 6.07) is 0. The molecular weight excluding hydrogens is 404 g/mol. The lowest BCUT2D eigenvalue weighted by Crippen LogP contribution is -2.50. The molecule has 188 valence electrons. The standard InChI is InChI=1S/C31H52O2/c1-21(2)8-6-9-22(3)26-14-15-27-25-13-12-24-20-23(10-7-11-29(32)33)16-18-30(24,4)28(25)17-19-31(26,27)5/h12,21-23,25-28H,6-11,13-20H2,1-5H3,(H,32,33)/t22-,23?,25+,26-,27+,28+,30+,31-/m1/s1. The minimum absolute atomic E-state index is 0.342. The molecule has 4 aliphatic rings. The van der Waals surface area contributed by atoms with Crippen LogP contribution in [0.1, 0.15) is 125 Å². The molecule has 4 aliphatic carbocycles. The maximum Gasteiger partial charge on any atom is 0.303 e. The van der Waals surface area contributed by atoms with E-state index in [1.807, 2.05) is 0 Å². The average Bonchev–Trinajstić information content (AvgIpc) is 3.10. The summed E-state index contributed by atoms with van der Waals surface area (Å²) in [5.41, 5.74) is 2.76. The van der Waals surface area contributed by atoms with E-state index >= 15 is 0 Å². The van der Waals surface area contributed by atoms with Gasteiger partial charge in [0.2, 0.25) is 0 Å². The van der Waals surface area contributed by atoms with Crippen molar-refractivity contribution in [3.63, 3.8) is 0 Å². The molecule has 1 N–H and O–H groups in total. The maximum atomic E-state index is 10.9. The Morgan fingerprint density at radius 1 is 1.03 bits per heavy atom. The first kappa shape index (κ1) is 25.3. The van der Waals surface area contributed by atoms with Crippen LogP contribution in [-0.2, 0) is 4.79 Å². The van der Waals surface area contributed by atoms with Gasteiger partial charge in [0, 0.05) is 6.42 Å². The summed E-state index contributed by atoms with van der Waals surface area (Å²) in [4.78, 5) is 10.9. The van der Waals surface area contributed by atoms with Crippen molar-refractivity contribution in [2.45, 2.75) is 125 Å². The Labute approximate surface area is 204 Å². The van der Waals surface area contributed by atoms with Crippen molar-refractivity contribution in [1.82, 2.24) is 0 Å². The molecule has 8 atom stereocenters. The van der Waals surface area contributed by atoms with Crippen molar-refractivity contribution < 1.29 is 9.90 Å². The highest BCUT2D eigenvalue weighted by Crippen LogP contribution is 2.67. The third kappa shape index (κ3) is 4.97. The first-order valence-electron chi connectivity index (χ1n) is 14.6. The molecule has 4 rings (SSSR count). The monoisotopic (exact) mass is 456 g/mol. The van der Waals surface area contributed by atoms with Crippen LogP contribution in [0, 0.1) is 52.3 Å². The van der Waals surface area contributed by atoms with Crippen molar-refractivity contribution in [3.8, 4) is 0 Å². The second kappa shape index (κ2) is 10.1. The number of hydrogen-bond donors (Lipinski definition) is 1. The molecule has 1 unspecified atom stereocenters. The van der Waals surface area contributed by atoms with E-state index in [1.165, 1.54) is 70.6 Å². The van der Waals surface area contributed by atoms with Crippen LogP contribution in [0.5, 0.6) is 0 Å². The molecule has 0 saturated heterocycles. The van der Waals surface area contributed by atoms with E-state index < -0.39 is 5.97 Å². The van der Waals surface area contributed by atoms with Crippen LogP contribution in [-0.4, -0.2) is 11.1 Å². The molecule has 0 bridgehead atoms. The smallest absolute Gasteiger partial charge is 0.303 e. The SMILES string of the molecule is CC(C)CCC[C@@H](C)[C@H]1CC[C@H]2[C@@H]3CC=C4CC(CCCC(=O)O)CC[C@]4(C)[C@H]3CC[C@]12C. The topological polar surface area (TPSA) is 37.3 Å². The van der Waals surface area contributed by atoms with Gasteiger partial charge in [-0.25, -0.2) is 0 Å². The molecule has 2 nitrogen and oxygen atoms in total. The Kier molecular flexibility index (Phi) is 7.72. The summed E-state index contributed by atoms with van der Waals surface area (Å²) in [6.45, 7) is 12.6. The lowest BCUT2D eigenvalue weighted by molar-refractivity contribution is -0.137. The van der Waals surface area contributed by atoms with Gasteiger partial charge in [-0.3, -0.25) is 4.79 Å². The van der Waals surface area contributed by atoms with Crippen LogP contribution in [0.25, 0.3) is 0 Å². The summed E-state index contributed by atoms with van der Waals surface area (Å²) >= 11 is 0. The van der Waals surface area contributed by atoms with Crippen molar-refractivity contribution in [2.24, 2.45) is 52.3 Å². The minimum atomic E-state index is -0.635. The minimum Gasteiger partial charge on any atom is -0.481 e. The highest BCUT2D eigenvalue weighted by molar-refractivity contribution is 5.66.